The summed E-state index contributed by atoms with van der Waals surface area (Å²) in [4.78, 5) is 12.1. The van der Waals surface area contributed by atoms with Gasteiger partial charge in [0.15, 0.2) is 5.82 Å². The molecular formula is C21H19Cl2F2N3O2S. The van der Waals surface area contributed by atoms with Gasteiger partial charge in [-0.2, -0.15) is 11.8 Å². The van der Waals surface area contributed by atoms with Crippen LogP contribution in [-0.2, 0) is 4.74 Å². The molecule has 0 unspecified atom stereocenters. The van der Waals surface area contributed by atoms with E-state index in [0.717, 1.165) is 0 Å². The van der Waals surface area contributed by atoms with Crippen LogP contribution in [0.4, 0.5) is 19.4 Å². The summed E-state index contributed by atoms with van der Waals surface area (Å²) >= 11 is 13.6. The van der Waals surface area contributed by atoms with E-state index in [2.05, 4.69) is 24.3 Å². The first-order chi connectivity index (χ1) is 14.7. The lowest BCUT2D eigenvalue weighted by molar-refractivity contribution is 0.169. The van der Waals surface area contributed by atoms with E-state index in [-0.39, 0.29) is 22.5 Å². The number of amides is 1. The van der Waals surface area contributed by atoms with E-state index in [0.29, 0.717) is 27.9 Å². The normalized spacial score (nSPS) is 11.1. The maximum atomic E-state index is 13.9. The Balaban J connectivity index is 1.90. The number of hydrogen-bond donors (Lipinski definition) is 1. The fourth-order valence-electron chi connectivity index (χ4n) is 2.72. The molecule has 0 aliphatic carbocycles. The summed E-state index contributed by atoms with van der Waals surface area (Å²) in [7, 11) is 0. The van der Waals surface area contributed by atoms with E-state index in [4.69, 9.17) is 27.9 Å². The lowest BCUT2D eigenvalue weighted by atomic mass is 10.1. The van der Waals surface area contributed by atoms with Gasteiger partial charge in [0.1, 0.15) is 18.2 Å². The number of carbonyl (C=O) groups is 1. The monoisotopic (exact) mass is 485 g/mol. The van der Waals surface area contributed by atoms with E-state index < -0.39 is 17.7 Å². The zero-order valence-electron chi connectivity index (χ0n) is 16.7. The van der Waals surface area contributed by atoms with E-state index in [1.165, 1.54) is 41.1 Å². The highest BCUT2D eigenvalue weighted by Gasteiger charge is 2.16. The number of aromatic nitrogens is 2. The van der Waals surface area contributed by atoms with Crippen LogP contribution >= 0.6 is 35.0 Å². The largest absolute Gasteiger partial charge is 0.448 e. The first-order valence-electron chi connectivity index (χ1n) is 9.30. The predicted molar refractivity (Wildman–Crippen MR) is 122 cm³/mol. The van der Waals surface area contributed by atoms with Gasteiger partial charge < -0.3 is 4.74 Å². The van der Waals surface area contributed by atoms with Gasteiger partial charge >= 0.3 is 6.09 Å². The Labute approximate surface area is 192 Å². The number of halogens is 4. The minimum absolute atomic E-state index is 0.104. The summed E-state index contributed by atoms with van der Waals surface area (Å²) < 4.78 is 34.1. The average Bonchev–Trinajstić information content (AvgIpc) is 3.10. The molecule has 0 saturated carbocycles. The van der Waals surface area contributed by atoms with Crippen LogP contribution in [0.25, 0.3) is 16.9 Å². The minimum atomic E-state index is -0.671. The van der Waals surface area contributed by atoms with Crippen LogP contribution in [-0.4, -0.2) is 33.5 Å². The second kappa shape index (κ2) is 10.3. The van der Waals surface area contributed by atoms with E-state index in [1.54, 1.807) is 17.8 Å². The van der Waals surface area contributed by atoms with Crippen molar-refractivity contribution in [1.29, 1.82) is 0 Å². The van der Waals surface area contributed by atoms with Crippen LogP contribution in [0.1, 0.15) is 13.8 Å². The van der Waals surface area contributed by atoms with Crippen molar-refractivity contribution in [2.24, 2.45) is 0 Å². The third-order valence-corrected chi connectivity index (χ3v) is 5.59. The zero-order chi connectivity index (χ0) is 22.5. The molecule has 2 aromatic carbocycles. The van der Waals surface area contributed by atoms with Crippen LogP contribution in [0.3, 0.4) is 0 Å². The maximum Gasteiger partial charge on any atom is 0.412 e. The van der Waals surface area contributed by atoms with Crippen molar-refractivity contribution in [1.82, 2.24) is 9.78 Å². The molecule has 0 saturated heterocycles. The Hall–Kier alpha value is -2.29. The third kappa shape index (κ3) is 6.35. The van der Waals surface area contributed by atoms with Gasteiger partial charge in [-0.3, -0.25) is 5.32 Å². The van der Waals surface area contributed by atoms with Crippen molar-refractivity contribution in [2.75, 3.05) is 17.7 Å². The number of ether oxygens (including phenoxy) is 1. The number of carbonyl (C=O) groups excluding carboxylic acids is 1. The van der Waals surface area contributed by atoms with E-state index >= 15 is 0 Å². The fourth-order valence-corrected chi connectivity index (χ4v) is 3.77. The van der Waals surface area contributed by atoms with E-state index in [9.17, 15) is 13.6 Å². The van der Waals surface area contributed by atoms with Crippen molar-refractivity contribution >= 4 is 46.9 Å². The highest BCUT2D eigenvalue weighted by atomic mass is 35.5. The summed E-state index contributed by atoms with van der Waals surface area (Å²) in [6.45, 7) is 4.36. The first kappa shape index (κ1) is 23.4. The molecule has 3 aromatic rings. The zero-order valence-corrected chi connectivity index (χ0v) is 19.0. The smallest absolute Gasteiger partial charge is 0.412 e. The SMILES string of the molecule is CC(C)SCCOC(=O)Nc1cc(-c2cc(F)cc(Cl)c2)n(-c2ccc(F)c(Cl)c2)n1. The van der Waals surface area contributed by atoms with Gasteiger partial charge in [-0.25, -0.2) is 18.3 Å². The quantitative estimate of drug-likeness (QED) is 0.373. The summed E-state index contributed by atoms with van der Waals surface area (Å²) in [5.74, 6) is -0.295. The molecule has 0 spiro atoms. The number of anilines is 1. The average molecular weight is 486 g/mol. The molecule has 5 nitrogen and oxygen atoms in total. The molecule has 1 amide bonds. The molecule has 31 heavy (non-hydrogen) atoms. The molecule has 0 fully saturated rings. The maximum absolute atomic E-state index is 13.9. The standard InChI is InChI=1S/C21H19Cl2F2N3O2S/c1-12(2)31-6-5-30-21(29)26-20-11-19(13-7-14(22)9-15(24)8-13)28(27-20)16-3-4-18(25)17(23)10-16/h3-4,7-12H,5-6H2,1-2H3,(H,26,27,29). The van der Waals surface area contributed by atoms with Crippen LogP contribution < -0.4 is 5.32 Å². The molecule has 1 heterocycles. The van der Waals surface area contributed by atoms with Gasteiger partial charge in [0.05, 0.1) is 16.4 Å². The fraction of sp³-hybridized carbons (Fsp3) is 0.238. The van der Waals surface area contributed by atoms with E-state index in [1.807, 2.05) is 0 Å². The van der Waals surface area contributed by atoms with Gasteiger partial charge in [-0.15, -0.1) is 5.10 Å². The molecule has 3 rings (SSSR count). The van der Waals surface area contributed by atoms with Crippen molar-refractivity contribution in [3.8, 4) is 16.9 Å². The Morgan fingerprint density at radius 1 is 1.19 bits per heavy atom. The van der Waals surface area contributed by atoms with Crippen LogP contribution in [0.2, 0.25) is 10.0 Å². The number of thioether (sulfide) groups is 1. The van der Waals surface area contributed by atoms with Crippen molar-refractivity contribution < 1.29 is 18.3 Å². The van der Waals surface area contributed by atoms with Crippen LogP contribution in [0.15, 0.2) is 42.5 Å². The highest BCUT2D eigenvalue weighted by Crippen LogP contribution is 2.30. The van der Waals surface area contributed by atoms with Gasteiger partial charge in [-0.1, -0.05) is 37.0 Å². The van der Waals surface area contributed by atoms with Gasteiger partial charge in [0, 0.05) is 22.4 Å². The predicted octanol–water partition coefficient (Wildman–Crippen LogP) is 6.81. The van der Waals surface area contributed by atoms with Crippen LogP contribution in [0, 0.1) is 11.6 Å². The number of hydrogen-bond acceptors (Lipinski definition) is 4. The lowest BCUT2D eigenvalue weighted by Crippen LogP contribution is -2.16. The third-order valence-electron chi connectivity index (χ3n) is 4.01. The molecule has 10 heteroatoms. The van der Waals surface area contributed by atoms with Gasteiger partial charge in [0.25, 0.3) is 0 Å². The molecule has 0 aliphatic rings. The number of benzene rings is 2. The summed E-state index contributed by atoms with van der Waals surface area (Å²) in [5, 5.41) is 7.41. The minimum Gasteiger partial charge on any atom is -0.448 e. The Morgan fingerprint density at radius 3 is 2.65 bits per heavy atom. The summed E-state index contributed by atoms with van der Waals surface area (Å²) in [5.41, 5.74) is 1.24. The molecule has 0 bridgehead atoms. The topological polar surface area (TPSA) is 56.1 Å². The highest BCUT2D eigenvalue weighted by molar-refractivity contribution is 7.99. The Bertz CT molecular complexity index is 1070. The molecule has 164 valence electrons. The number of rotatable bonds is 7. The van der Waals surface area contributed by atoms with Crippen LogP contribution in [0.5, 0.6) is 0 Å². The summed E-state index contributed by atoms with van der Waals surface area (Å²) in [6.07, 6.45) is -0.671. The Morgan fingerprint density at radius 2 is 1.97 bits per heavy atom. The number of nitrogens with zero attached hydrogens (tertiary/aromatic N) is 2. The second-order valence-corrected chi connectivity index (χ2v) is 9.29. The molecule has 0 atom stereocenters. The van der Waals surface area contributed by atoms with Crippen molar-refractivity contribution in [2.45, 2.75) is 19.1 Å². The number of nitrogens with one attached hydrogen (secondary N) is 1. The van der Waals surface area contributed by atoms with Gasteiger partial charge in [0.2, 0.25) is 0 Å². The molecule has 1 aromatic heterocycles. The Kier molecular flexibility index (Phi) is 7.80. The lowest BCUT2D eigenvalue weighted by Gasteiger charge is -2.09. The second-order valence-electron chi connectivity index (χ2n) is 6.76. The van der Waals surface area contributed by atoms with Crippen molar-refractivity contribution in [3.05, 3.63) is 64.1 Å². The first-order valence-corrected chi connectivity index (χ1v) is 11.1. The molecule has 1 N–H and O–H groups in total. The molecule has 0 radical (unpaired) electrons. The van der Waals surface area contributed by atoms with Gasteiger partial charge in [-0.05, 0) is 41.6 Å². The summed E-state index contributed by atoms with van der Waals surface area (Å²) in [6, 6.07) is 9.56. The molecular weight excluding hydrogens is 467 g/mol. The van der Waals surface area contributed by atoms with Crippen molar-refractivity contribution in [3.63, 3.8) is 0 Å². The molecule has 0 aliphatic heterocycles.